The van der Waals surface area contributed by atoms with Gasteiger partial charge in [0.05, 0.1) is 34.1 Å². The minimum atomic E-state index is -0.628. The summed E-state index contributed by atoms with van der Waals surface area (Å²) in [4.78, 5) is 37.8. The van der Waals surface area contributed by atoms with Crippen LogP contribution >= 0.6 is 43.6 Å². The van der Waals surface area contributed by atoms with Crippen molar-refractivity contribution in [3.05, 3.63) is 55.2 Å². The SMILES string of the molecule is CCOc1c(Br)cc(/C=C2/SC(=O)N(Cc3ccc(C(=O)OC)o3)C2=O)cc1Br. The third-order valence-electron chi connectivity index (χ3n) is 3.84. The number of benzene rings is 1. The van der Waals surface area contributed by atoms with E-state index < -0.39 is 17.1 Å². The average Bonchev–Trinajstić information content (AvgIpc) is 3.25. The Morgan fingerprint density at radius 3 is 2.55 bits per heavy atom. The number of rotatable bonds is 6. The lowest BCUT2D eigenvalue weighted by atomic mass is 10.2. The van der Waals surface area contributed by atoms with Gasteiger partial charge < -0.3 is 13.9 Å². The highest BCUT2D eigenvalue weighted by molar-refractivity contribution is 9.11. The molecular formula is C19H15Br2NO6S. The molecule has 0 spiro atoms. The molecule has 0 unspecified atom stereocenters. The molecule has 0 radical (unpaired) electrons. The van der Waals surface area contributed by atoms with Crippen molar-refractivity contribution in [1.82, 2.24) is 4.90 Å². The molecule has 0 aliphatic carbocycles. The fraction of sp³-hybridized carbons (Fsp3) is 0.211. The Morgan fingerprint density at radius 2 is 1.93 bits per heavy atom. The Hall–Kier alpha value is -2.04. The highest BCUT2D eigenvalue weighted by atomic mass is 79.9. The van der Waals surface area contributed by atoms with Gasteiger partial charge in [0, 0.05) is 0 Å². The van der Waals surface area contributed by atoms with Crippen LogP contribution in [0.15, 0.2) is 42.5 Å². The number of esters is 1. The highest BCUT2D eigenvalue weighted by Crippen LogP contribution is 2.38. The van der Waals surface area contributed by atoms with Crippen molar-refractivity contribution in [2.45, 2.75) is 13.5 Å². The van der Waals surface area contributed by atoms with Crippen LogP contribution in [0.3, 0.4) is 0 Å². The molecule has 0 N–H and O–H groups in total. The Bertz CT molecular complexity index is 993. The third kappa shape index (κ3) is 4.76. The summed E-state index contributed by atoms with van der Waals surface area (Å²) in [5.41, 5.74) is 0.726. The van der Waals surface area contributed by atoms with Crippen LogP contribution in [0.5, 0.6) is 5.75 Å². The number of hydrogen-bond donors (Lipinski definition) is 0. The lowest BCUT2D eigenvalue weighted by Gasteiger charge is -2.10. The first-order chi connectivity index (χ1) is 13.8. The Morgan fingerprint density at radius 1 is 1.24 bits per heavy atom. The summed E-state index contributed by atoms with van der Waals surface area (Å²) in [6.07, 6.45) is 1.64. The number of amides is 2. The van der Waals surface area contributed by atoms with Crippen molar-refractivity contribution in [1.29, 1.82) is 0 Å². The molecule has 1 fully saturated rings. The van der Waals surface area contributed by atoms with Gasteiger partial charge in [-0.3, -0.25) is 14.5 Å². The summed E-state index contributed by atoms with van der Waals surface area (Å²) in [5, 5.41) is -0.415. The number of imide groups is 1. The van der Waals surface area contributed by atoms with Crippen LogP contribution in [0.1, 0.15) is 28.8 Å². The van der Waals surface area contributed by atoms with Crippen LogP contribution in [-0.4, -0.2) is 35.7 Å². The number of carbonyl (C=O) groups is 3. The Labute approximate surface area is 187 Å². The quantitative estimate of drug-likeness (QED) is 0.363. The second kappa shape index (κ2) is 9.19. The van der Waals surface area contributed by atoms with Gasteiger partial charge in [0.2, 0.25) is 5.76 Å². The van der Waals surface area contributed by atoms with Crippen LogP contribution in [0.25, 0.3) is 6.08 Å². The summed E-state index contributed by atoms with van der Waals surface area (Å²) in [5.74, 6) is -0.0827. The van der Waals surface area contributed by atoms with Crippen molar-refractivity contribution in [2.24, 2.45) is 0 Å². The summed E-state index contributed by atoms with van der Waals surface area (Å²) >= 11 is 7.74. The molecule has 10 heteroatoms. The number of thioether (sulfide) groups is 1. The molecule has 152 valence electrons. The van der Waals surface area contributed by atoms with Crippen molar-refractivity contribution < 1.29 is 28.3 Å². The molecule has 0 saturated carbocycles. The molecule has 1 aliphatic rings. The van der Waals surface area contributed by atoms with Crippen LogP contribution in [0, 0.1) is 0 Å². The van der Waals surface area contributed by atoms with Crippen molar-refractivity contribution in [3.8, 4) is 5.75 Å². The van der Waals surface area contributed by atoms with Gasteiger partial charge in [0.1, 0.15) is 11.5 Å². The summed E-state index contributed by atoms with van der Waals surface area (Å²) < 4.78 is 16.9. The second-order valence-electron chi connectivity index (χ2n) is 5.77. The number of nitrogens with zero attached hydrogens (tertiary/aromatic N) is 1. The molecule has 1 aromatic heterocycles. The van der Waals surface area contributed by atoms with Crippen molar-refractivity contribution in [3.63, 3.8) is 0 Å². The van der Waals surface area contributed by atoms with Crippen molar-refractivity contribution >= 4 is 66.8 Å². The lowest BCUT2D eigenvalue weighted by molar-refractivity contribution is -0.123. The van der Waals surface area contributed by atoms with E-state index in [1.807, 2.05) is 6.92 Å². The number of halogens is 2. The standard InChI is InChI=1S/C19H15Br2NO6S/c1-3-27-16-12(20)6-10(7-13(16)21)8-15-17(23)22(19(25)29-15)9-11-4-5-14(28-11)18(24)26-2/h4-8H,3,9H2,1-2H3/b15-8+. The van der Waals surface area contributed by atoms with Gasteiger partial charge in [0.25, 0.3) is 11.1 Å². The van der Waals surface area contributed by atoms with Crippen LogP contribution < -0.4 is 4.74 Å². The first-order valence-corrected chi connectivity index (χ1v) is 10.8. The molecule has 1 saturated heterocycles. The highest BCUT2D eigenvalue weighted by Gasteiger charge is 2.35. The molecule has 0 bridgehead atoms. The molecule has 3 rings (SSSR count). The number of hydrogen-bond acceptors (Lipinski definition) is 7. The number of furan rings is 1. The monoisotopic (exact) mass is 543 g/mol. The third-order valence-corrected chi connectivity index (χ3v) is 5.93. The summed E-state index contributed by atoms with van der Waals surface area (Å²) in [6, 6.07) is 6.57. The molecule has 1 aromatic carbocycles. The fourth-order valence-electron chi connectivity index (χ4n) is 2.56. The number of methoxy groups -OCH3 is 1. The number of ether oxygens (including phenoxy) is 2. The van der Waals surface area contributed by atoms with E-state index in [9.17, 15) is 14.4 Å². The average molecular weight is 545 g/mol. The van der Waals surface area contributed by atoms with E-state index >= 15 is 0 Å². The minimum Gasteiger partial charge on any atom is -0.492 e. The van der Waals surface area contributed by atoms with E-state index in [4.69, 9.17) is 9.15 Å². The predicted octanol–water partition coefficient (Wildman–Crippen LogP) is 5.23. The zero-order chi connectivity index (χ0) is 21.1. The van der Waals surface area contributed by atoms with Gasteiger partial charge in [-0.15, -0.1) is 0 Å². The van der Waals surface area contributed by atoms with Gasteiger partial charge in [-0.2, -0.15) is 0 Å². The van der Waals surface area contributed by atoms with E-state index in [2.05, 4.69) is 36.6 Å². The van der Waals surface area contributed by atoms with Gasteiger partial charge in [-0.25, -0.2) is 4.79 Å². The van der Waals surface area contributed by atoms with E-state index in [0.717, 1.165) is 31.2 Å². The van der Waals surface area contributed by atoms with Crippen LogP contribution in [-0.2, 0) is 16.1 Å². The second-order valence-corrected chi connectivity index (χ2v) is 8.47. The van der Waals surface area contributed by atoms with E-state index in [-0.39, 0.29) is 17.2 Å². The fourth-order valence-corrected chi connectivity index (χ4v) is 4.85. The molecule has 2 aromatic rings. The van der Waals surface area contributed by atoms with Crippen LogP contribution in [0.4, 0.5) is 4.79 Å². The lowest BCUT2D eigenvalue weighted by Crippen LogP contribution is -2.27. The van der Waals surface area contributed by atoms with E-state index in [0.29, 0.717) is 18.1 Å². The van der Waals surface area contributed by atoms with Gasteiger partial charge in [-0.1, -0.05) is 0 Å². The minimum absolute atomic E-state index is 0.00843. The molecule has 29 heavy (non-hydrogen) atoms. The Balaban J connectivity index is 1.80. The predicted molar refractivity (Wildman–Crippen MR) is 115 cm³/mol. The molecule has 7 nitrogen and oxygen atoms in total. The van der Waals surface area contributed by atoms with E-state index in [1.165, 1.54) is 19.2 Å². The zero-order valence-electron chi connectivity index (χ0n) is 15.4. The zero-order valence-corrected chi connectivity index (χ0v) is 19.4. The largest absolute Gasteiger partial charge is 0.492 e. The molecule has 2 heterocycles. The van der Waals surface area contributed by atoms with Gasteiger partial charge in [-0.05, 0) is 86.5 Å². The van der Waals surface area contributed by atoms with Crippen molar-refractivity contribution in [2.75, 3.05) is 13.7 Å². The maximum Gasteiger partial charge on any atom is 0.373 e. The normalized spacial score (nSPS) is 15.3. The molecular weight excluding hydrogens is 530 g/mol. The summed E-state index contributed by atoms with van der Waals surface area (Å²) in [6.45, 7) is 2.32. The molecule has 2 amide bonds. The van der Waals surface area contributed by atoms with E-state index in [1.54, 1.807) is 18.2 Å². The van der Waals surface area contributed by atoms with Gasteiger partial charge in [0.15, 0.2) is 0 Å². The summed E-state index contributed by atoms with van der Waals surface area (Å²) in [7, 11) is 1.24. The first-order valence-electron chi connectivity index (χ1n) is 8.38. The van der Waals surface area contributed by atoms with Crippen LogP contribution in [0.2, 0.25) is 0 Å². The molecule has 0 atom stereocenters. The maximum atomic E-state index is 12.7. The maximum absolute atomic E-state index is 12.7. The first kappa shape index (κ1) is 21.7. The smallest absolute Gasteiger partial charge is 0.373 e. The molecule has 1 aliphatic heterocycles. The van der Waals surface area contributed by atoms with Gasteiger partial charge >= 0.3 is 5.97 Å². The number of carbonyl (C=O) groups excluding carboxylic acids is 3. The topological polar surface area (TPSA) is 86.1 Å². The Kier molecular flexibility index (Phi) is 6.86.